The quantitative estimate of drug-likeness (QED) is 0.765. The highest BCUT2D eigenvalue weighted by Crippen LogP contribution is 2.46. The Morgan fingerprint density at radius 2 is 1.90 bits per heavy atom. The third-order valence-corrected chi connectivity index (χ3v) is 3.81. The minimum atomic E-state index is -0.0569. The van der Waals surface area contributed by atoms with Gasteiger partial charge < -0.3 is 4.90 Å². The standard InChI is InChI=1S/C17H17N3/c1-17(2)14-8-4-5-9-15(14)20(3)16(17)10-6-7-13(11-18)12-19/h4-5,7-10H,6H2,1-3H3/b16-10-. The molecule has 0 saturated carbocycles. The van der Waals surface area contributed by atoms with Gasteiger partial charge in [0.1, 0.15) is 17.7 Å². The summed E-state index contributed by atoms with van der Waals surface area (Å²) in [6, 6.07) is 12.1. The van der Waals surface area contributed by atoms with Crippen LogP contribution in [0.5, 0.6) is 0 Å². The average Bonchev–Trinajstić information content (AvgIpc) is 2.64. The molecule has 0 fully saturated rings. The minimum Gasteiger partial charge on any atom is -0.347 e. The number of nitriles is 2. The Balaban J connectivity index is 2.34. The monoisotopic (exact) mass is 263 g/mol. The molecule has 0 aliphatic carbocycles. The highest BCUT2D eigenvalue weighted by Gasteiger charge is 2.37. The Hall–Kier alpha value is -2.52. The third kappa shape index (κ3) is 2.19. The maximum absolute atomic E-state index is 8.74. The van der Waals surface area contributed by atoms with E-state index in [2.05, 4.69) is 50.1 Å². The Kier molecular flexibility index (Phi) is 3.63. The number of hydrogen-bond donors (Lipinski definition) is 0. The molecular formula is C17H17N3. The molecule has 0 saturated heterocycles. The van der Waals surface area contributed by atoms with Crippen LogP contribution in [0, 0.1) is 22.7 Å². The van der Waals surface area contributed by atoms with Crippen molar-refractivity contribution in [3.05, 3.63) is 53.3 Å². The molecule has 2 rings (SSSR count). The molecule has 1 aromatic carbocycles. The van der Waals surface area contributed by atoms with Crippen molar-refractivity contribution >= 4 is 5.69 Å². The van der Waals surface area contributed by atoms with Crippen molar-refractivity contribution in [1.82, 2.24) is 0 Å². The lowest BCUT2D eigenvalue weighted by Crippen LogP contribution is -2.22. The number of fused-ring (bicyclic) bond motifs is 1. The predicted molar refractivity (Wildman–Crippen MR) is 79.9 cm³/mol. The smallest absolute Gasteiger partial charge is 0.126 e. The van der Waals surface area contributed by atoms with E-state index in [1.54, 1.807) is 6.08 Å². The number of rotatable bonds is 2. The first-order valence-corrected chi connectivity index (χ1v) is 6.56. The summed E-state index contributed by atoms with van der Waals surface area (Å²) in [5.41, 5.74) is 3.83. The second-order valence-corrected chi connectivity index (χ2v) is 5.37. The summed E-state index contributed by atoms with van der Waals surface area (Å²) in [6.07, 6.45) is 4.35. The van der Waals surface area contributed by atoms with Gasteiger partial charge in [-0.25, -0.2) is 0 Å². The number of likely N-dealkylation sites (N-methyl/N-ethyl adjacent to an activating group) is 1. The molecule has 3 nitrogen and oxygen atoms in total. The van der Waals surface area contributed by atoms with E-state index in [9.17, 15) is 0 Å². The molecule has 20 heavy (non-hydrogen) atoms. The Morgan fingerprint density at radius 1 is 1.25 bits per heavy atom. The van der Waals surface area contributed by atoms with Gasteiger partial charge in [0.2, 0.25) is 0 Å². The highest BCUT2D eigenvalue weighted by atomic mass is 15.2. The van der Waals surface area contributed by atoms with E-state index in [-0.39, 0.29) is 11.0 Å². The Labute approximate surface area is 120 Å². The first kappa shape index (κ1) is 13.9. The van der Waals surface area contributed by atoms with E-state index in [1.807, 2.05) is 18.2 Å². The van der Waals surface area contributed by atoms with Crippen LogP contribution in [-0.2, 0) is 5.41 Å². The van der Waals surface area contributed by atoms with Crippen LogP contribution < -0.4 is 4.90 Å². The van der Waals surface area contributed by atoms with Crippen LogP contribution in [0.2, 0.25) is 0 Å². The number of allylic oxidation sites excluding steroid dienone is 4. The molecule has 0 spiro atoms. The molecule has 0 aromatic heterocycles. The summed E-state index contributed by atoms with van der Waals surface area (Å²) < 4.78 is 0. The van der Waals surface area contributed by atoms with Crippen molar-refractivity contribution in [2.75, 3.05) is 11.9 Å². The van der Waals surface area contributed by atoms with Gasteiger partial charge in [-0.3, -0.25) is 0 Å². The minimum absolute atomic E-state index is 0.0569. The number of para-hydroxylation sites is 1. The Morgan fingerprint density at radius 3 is 2.50 bits per heavy atom. The van der Waals surface area contributed by atoms with Crippen LogP contribution >= 0.6 is 0 Å². The first-order chi connectivity index (χ1) is 9.52. The van der Waals surface area contributed by atoms with Gasteiger partial charge in [-0.1, -0.05) is 44.2 Å². The van der Waals surface area contributed by atoms with E-state index < -0.39 is 0 Å². The van der Waals surface area contributed by atoms with Gasteiger partial charge in [-0.2, -0.15) is 10.5 Å². The summed E-state index contributed by atoms with van der Waals surface area (Å²) in [6.45, 7) is 4.39. The van der Waals surface area contributed by atoms with Crippen LogP contribution in [0.3, 0.4) is 0 Å². The number of benzene rings is 1. The second kappa shape index (κ2) is 5.23. The lowest BCUT2D eigenvalue weighted by atomic mass is 9.83. The molecule has 1 aliphatic rings. The SMILES string of the molecule is CN1/C(=C\CC=C(C#N)C#N)C(C)(C)c2ccccc21. The molecule has 1 aliphatic heterocycles. The topological polar surface area (TPSA) is 50.8 Å². The van der Waals surface area contributed by atoms with Gasteiger partial charge in [0, 0.05) is 23.8 Å². The fourth-order valence-corrected chi connectivity index (χ4v) is 2.78. The van der Waals surface area contributed by atoms with Crippen molar-refractivity contribution in [2.45, 2.75) is 25.7 Å². The van der Waals surface area contributed by atoms with Crippen molar-refractivity contribution in [2.24, 2.45) is 0 Å². The van der Waals surface area contributed by atoms with E-state index in [4.69, 9.17) is 10.5 Å². The van der Waals surface area contributed by atoms with Gasteiger partial charge in [-0.05, 0) is 18.1 Å². The van der Waals surface area contributed by atoms with Crippen molar-refractivity contribution < 1.29 is 0 Å². The number of anilines is 1. The average molecular weight is 263 g/mol. The predicted octanol–water partition coefficient (Wildman–Crippen LogP) is 3.66. The summed E-state index contributed by atoms with van der Waals surface area (Å²) in [5, 5.41) is 17.5. The fourth-order valence-electron chi connectivity index (χ4n) is 2.78. The summed E-state index contributed by atoms with van der Waals surface area (Å²) in [5.74, 6) is 0. The molecule has 1 heterocycles. The van der Waals surface area contributed by atoms with Gasteiger partial charge >= 0.3 is 0 Å². The van der Waals surface area contributed by atoms with Crippen LogP contribution in [0.1, 0.15) is 25.8 Å². The lowest BCUT2D eigenvalue weighted by Gasteiger charge is -2.24. The van der Waals surface area contributed by atoms with Crippen LogP contribution in [-0.4, -0.2) is 7.05 Å². The molecule has 0 N–H and O–H groups in total. The zero-order valence-corrected chi connectivity index (χ0v) is 12.0. The largest absolute Gasteiger partial charge is 0.347 e. The van der Waals surface area contributed by atoms with E-state index >= 15 is 0 Å². The molecular weight excluding hydrogens is 246 g/mol. The van der Waals surface area contributed by atoms with Crippen molar-refractivity contribution in [3.8, 4) is 12.1 Å². The van der Waals surface area contributed by atoms with Crippen molar-refractivity contribution in [1.29, 1.82) is 10.5 Å². The van der Waals surface area contributed by atoms with Crippen LogP contribution in [0.15, 0.2) is 47.7 Å². The fraction of sp³-hybridized carbons (Fsp3) is 0.294. The molecule has 0 radical (unpaired) electrons. The zero-order chi connectivity index (χ0) is 14.8. The summed E-state index contributed by atoms with van der Waals surface area (Å²) in [4.78, 5) is 2.18. The van der Waals surface area contributed by atoms with Crippen molar-refractivity contribution in [3.63, 3.8) is 0 Å². The number of hydrogen-bond acceptors (Lipinski definition) is 3. The third-order valence-electron chi connectivity index (χ3n) is 3.81. The molecule has 0 atom stereocenters. The van der Waals surface area contributed by atoms with Gasteiger partial charge in [-0.15, -0.1) is 0 Å². The summed E-state index contributed by atoms with van der Waals surface area (Å²) >= 11 is 0. The normalized spacial score (nSPS) is 17.2. The second-order valence-electron chi connectivity index (χ2n) is 5.37. The molecule has 3 heteroatoms. The molecule has 0 bridgehead atoms. The van der Waals surface area contributed by atoms with Crippen LogP contribution in [0.4, 0.5) is 5.69 Å². The van der Waals surface area contributed by atoms with E-state index in [0.29, 0.717) is 6.42 Å². The number of nitrogens with zero attached hydrogens (tertiary/aromatic N) is 3. The maximum atomic E-state index is 8.74. The first-order valence-electron chi connectivity index (χ1n) is 6.56. The van der Waals surface area contributed by atoms with Gasteiger partial charge in [0.25, 0.3) is 0 Å². The molecule has 100 valence electrons. The van der Waals surface area contributed by atoms with Gasteiger partial charge in [0.15, 0.2) is 0 Å². The lowest BCUT2D eigenvalue weighted by molar-refractivity contribution is 0.637. The molecule has 0 amide bonds. The Bertz CT molecular complexity index is 650. The van der Waals surface area contributed by atoms with E-state index in [0.717, 1.165) is 0 Å². The molecule has 1 aromatic rings. The zero-order valence-electron chi connectivity index (χ0n) is 12.0. The highest BCUT2D eigenvalue weighted by molar-refractivity contribution is 5.69. The molecule has 0 unspecified atom stereocenters. The van der Waals surface area contributed by atoms with Crippen LogP contribution in [0.25, 0.3) is 0 Å². The maximum Gasteiger partial charge on any atom is 0.126 e. The summed E-state index contributed by atoms with van der Waals surface area (Å²) in [7, 11) is 2.05. The van der Waals surface area contributed by atoms with E-state index in [1.165, 1.54) is 16.9 Å². The van der Waals surface area contributed by atoms with Gasteiger partial charge in [0.05, 0.1) is 0 Å².